The lowest BCUT2D eigenvalue weighted by atomic mass is 10.3. The highest BCUT2D eigenvalue weighted by Gasteiger charge is 2.36. The van der Waals surface area contributed by atoms with E-state index in [1.165, 1.54) is 12.1 Å². The number of nitrogens with zero attached hydrogens (tertiary/aromatic N) is 2. The van der Waals surface area contributed by atoms with Gasteiger partial charge in [0.25, 0.3) is 0 Å². The largest absolute Gasteiger partial charge is 0.462 e. The summed E-state index contributed by atoms with van der Waals surface area (Å²) >= 11 is 29.3. The van der Waals surface area contributed by atoms with E-state index in [0.717, 1.165) is 19.3 Å². The number of ether oxygens (including phenoxy) is 1. The second-order valence-corrected chi connectivity index (χ2v) is 6.84. The minimum atomic E-state index is -2.17. The van der Waals surface area contributed by atoms with E-state index in [-0.39, 0.29) is 22.3 Å². The highest BCUT2D eigenvalue weighted by atomic mass is 35.5. The lowest BCUT2D eigenvalue weighted by molar-refractivity contribution is -0.144. The second kappa shape index (κ2) is 9.14. The fourth-order valence-electron chi connectivity index (χ4n) is 1.39. The van der Waals surface area contributed by atoms with Crippen molar-refractivity contribution in [3.8, 4) is 0 Å². The summed E-state index contributed by atoms with van der Waals surface area (Å²) in [5.41, 5.74) is 0.109. The van der Waals surface area contributed by atoms with Gasteiger partial charge in [0.2, 0.25) is 0 Å². The highest BCUT2D eigenvalue weighted by Crippen LogP contribution is 2.37. The zero-order chi connectivity index (χ0) is 16.8. The summed E-state index contributed by atoms with van der Waals surface area (Å²) in [4.78, 5) is 11.7. The number of alkyl halides is 2. The summed E-state index contributed by atoms with van der Waals surface area (Å²) in [6.45, 7) is 2.24. The summed E-state index contributed by atoms with van der Waals surface area (Å²) in [7, 11) is 0. The predicted octanol–water partition coefficient (Wildman–Crippen LogP) is 6.60. The zero-order valence-corrected chi connectivity index (χ0v) is 15.4. The molecule has 0 saturated heterocycles. The molecule has 1 aromatic rings. The standard InChI is InChI=1S/C13H13Cl5N2O2/c1-2-3-4-5-22-12(21)13(17,18)20-19-11-9(15)6-8(14)7-10(11)16/h6-7H,2-5H2,1H3/b20-19+. The quantitative estimate of drug-likeness (QED) is 0.168. The van der Waals surface area contributed by atoms with Gasteiger partial charge in [-0.05, 0) is 18.6 Å². The molecule has 22 heavy (non-hydrogen) atoms. The summed E-state index contributed by atoms with van der Waals surface area (Å²) in [6, 6.07) is 2.85. The third-order valence-electron chi connectivity index (χ3n) is 2.48. The van der Waals surface area contributed by atoms with E-state index < -0.39 is 10.4 Å². The van der Waals surface area contributed by atoms with Crippen LogP contribution in [0.15, 0.2) is 22.4 Å². The molecule has 0 bridgehead atoms. The van der Waals surface area contributed by atoms with Crippen molar-refractivity contribution in [2.45, 2.75) is 30.6 Å². The molecule has 0 unspecified atom stereocenters. The van der Waals surface area contributed by atoms with E-state index in [4.69, 9.17) is 62.7 Å². The van der Waals surface area contributed by atoms with Crippen LogP contribution in [-0.4, -0.2) is 17.0 Å². The van der Waals surface area contributed by atoms with Crippen LogP contribution in [0.25, 0.3) is 0 Å². The molecule has 4 nitrogen and oxygen atoms in total. The first-order valence-corrected chi connectivity index (χ1v) is 8.29. The molecule has 0 heterocycles. The van der Waals surface area contributed by atoms with Gasteiger partial charge in [-0.2, -0.15) is 0 Å². The minimum Gasteiger partial charge on any atom is -0.462 e. The number of hydrogen-bond acceptors (Lipinski definition) is 4. The normalized spacial score (nSPS) is 11.9. The van der Waals surface area contributed by atoms with Gasteiger partial charge in [-0.25, -0.2) is 4.79 Å². The van der Waals surface area contributed by atoms with Crippen molar-refractivity contribution in [2.24, 2.45) is 10.2 Å². The van der Waals surface area contributed by atoms with Crippen LogP contribution >= 0.6 is 58.0 Å². The Kier molecular flexibility index (Phi) is 8.22. The maximum absolute atomic E-state index is 11.7. The summed E-state index contributed by atoms with van der Waals surface area (Å²) in [5, 5.41) is 7.92. The molecule has 0 saturated carbocycles. The molecule has 0 amide bonds. The molecule has 0 radical (unpaired) electrons. The number of carbonyl (C=O) groups is 1. The smallest absolute Gasteiger partial charge is 0.367 e. The number of rotatable bonds is 7. The van der Waals surface area contributed by atoms with Crippen LogP contribution in [0.1, 0.15) is 26.2 Å². The van der Waals surface area contributed by atoms with E-state index in [0.29, 0.717) is 5.02 Å². The average molecular weight is 407 g/mol. The highest BCUT2D eigenvalue weighted by molar-refractivity contribution is 6.57. The van der Waals surface area contributed by atoms with Crippen molar-refractivity contribution in [1.82, 2.24) is 0 Å². The topological polar surface area (TPSA) is 51.0 Å². The van der Waals surface area contributed by atoms with Gasteiger partial charge < -0.3 is 4.74 Å². The van der Waals surface area contributed by atoms with Crippen LogP contribution in [-0.2, 0) is 9.53 Å². The van der Waals surface area contributed by atoms with Gasteiger partial charge in [-0.1, -0.05) is 77.8 Å². The maximum Gasteiger partial charge on any atom is 0.367 e. The fraction of sp³-hybridized carbons (Fsp3) is 0.462. The molecule has 0 aliphatic rings. The van der Waals surface area contributed by atoms with Crippen molar-refractivity contribution in [1.29, 1.82) is 0 Å². The average Bonchev–Trinajstić information content (AvgIpc) is 2.42. The molecule has 0 aliphatic carbocycles. The molecule has 0 atom stereocenters. The van der Waals surface area contributed by atoms with Gasteiger partial charge in [-0.3, -0.25) is 0 Å². The zero-order valence-electron chi connectivity index (χ0n) is 11.6. The van der Waals surface area contributed by atoms with Gasteiger partial charge in [0.1, 0.15) is 5.69 Å². The Hall–Kier alpha value is -0.260. The number of carbonyl (C=O) groups excluding carboxylic acids is 1. The van der Waals surface area contributed by atoms with Crippen LogP contribution in [0.3, 0.4) is 0 Å². The molecule has 1 aromatic carbocycles. The first kappa shape index (κ1) is 19.8. The van der Waals surface area contributed by atoms with Crippen molar-refractivity contribution >= 4 is 69.7 Å². The minimum absolute atomic E-state index is 0.109. The number of hydrogen-bond donors (Lipinski definition) is 0. The van der Waals surface area contributed by atoms with E-state index in [9.17, 15) is 4.79 Å². The number of esters is 1. The van der Waals surface area contributed by atoms with Crippen LogP contribution in [0.2, 0.25) is 15.1 Å². The first-order chi connectivity index (χ1) is 10.3. The SMILES string of the molecule is CCCCCOC(=O)C(Cl)(Cl)/N=N/c1c(Cl)cc(Cl)cc1Cl. The predicted molar refractivity (Wildman–Crippen MR) is 90.9 cm³/mol. The van der Waals surface area contributed by atoms with Gasteiger partial charge in [0, 0.05) is 5.02 Å². The molecule has 0 aromatic heterocycles. The van der Waals surface area contributed by atoms with Crippen LogP contribution in [0.5, 0.6) is 0 Å². The van der Waals surface area contributed by atoms with Crippen molar-refractivity contribution in [3.05, 3.63) is 27.2 Å². The number of unbranched alkanes of at least 4 members (excludes halogenated alkanes) is 2. The molecule has 122 valence electrons. The number of halogens is 5. The summed E-state index contributed by atoms with van der Waals surface area (Å²) < 4.78 is 2.77. The molecule has 9 heteroatoms. The van der Waals surface area contributed by atoms with Gasteiger partial charge in [0.15, 0.2) is 0 Å². The molecule has 0 aliphatic heterocycles. The Morgan fingerprint density at radius 2 is 1.77 bits per heavy atom. The van der Waals surface area contributed by atoms with E-state index in [2.05, 4.69) is 10.2 Å². The lowest BCUT2D eigenvalue weighted by Gasteiger charge is -2.12. The van der Waals surface area contributed by atoms with E-state index in [1.54, 1.807) is 0 Å². The Morgan fingerprint density at radius 3 is 2.32 bits per heavy atom. The molecule has 0 fully saturated rings. The van der Waals surface area contributed by atoms with E-state index in [1.807, 2.05) is 6.92 Å². The van der Waals surface area contributed by atoms with Gasteiger partial charge >= 0.3 is 10.4 Å². The maximum atomic E-state index is 11.7. The van der Waals surface area contributed by atoms with Crippen LogP contribution in [0.4, 0.5) is 5.69 Å². The first-order valence-electron chi connectivity index (χ1n) is 6.40. The number of azo groups is 1. The molecular formula is C13H13Cl5N2O2. The van der Waals surface area contributed by atoms with Crippen molar-refractivity contribution in [2.75, 3.05) is 6.61 Å². The third kappa shape index (κ3) is 6.09. The molecule has 0 N–H and O–H groups in total. The summed E-state index contributed by atoms with van der Waals surface area (Å²) in [6.07, 6.45) is 2.65. The Morgan fingerprint density at radius 1 is 1.18 bits per heavy atom. The van der Waals surface area contributed by atoms with Crippen molar-refractivity contribution in [3.63, 3.8) is 0 Å². The van der Waals surface area contributed by atoms with Gasteiger partial charge in [-0.15, -0.1) is 10.2 Å². The van der Waals surface area contributed by atoms with Crippen molar-refractivity contribution < 1.29 is 9.53 Å². The Balaban J connectivity index is 2.77. The third-order valence-corrected chi connectivity index (χ3v) is 3.74. The van der Waals surface area contributed by atoms with Crippen LogP contribution in [0, 0.1) is 0 Å². The summed E-state index contributed by atoms with van der Waals surface area (Å²) in [5.74, 6) is -0.906. The molecular weight excluding hydrogens is 393 g/mol. The number of benzene rings is 1. The molecule has 1 rings (SSSR count). The van der Waals surface area contributed by atoms with E-state index >= 15 is 0 Å². The molecule has 0 spiro atoms. The fourth-order valence-corrected chi connectivity index (χ4v) is 2.46. The Labute approximate surface area is 153 Å². The van der Waals surface area contributed by atoms with Gasteiger partial charge in [0.05, 0.1) is 16.7 Å². The monoisotopic (exact) mass is 404 g/mol. The van der Waals surface area contributed by atoms with Crippen LogP contribution < -0.4 is 0 Å². The lowest BCUT2D eigenvalue weighted by Crippen LogP contribution is -2.26. The Bertz CT molecular complexity index is 540. The second-order valence-electron chi connectivity index (χ2n) is 4.30.